The Labute approximate surface area is 209 Å². The maximum Gasteiger partial charge on any atom is 0.133 e. The van der Waals surface area contributed by atoms with E-state index >= 15 is 0 Å². The number of phenols is 2. The van der Waals surface area contributed by atoms with Gasteiger partial charge in [-0.3, -0.25) is 0 Å². The number of hydrogen-bond acceptors (Lipinski definition) is 4. The van der Waals surface area contributed by atoms with Gasteiger partial charge in [0.2, 0.25) is 0 Å². The Balaban J connectivity index is 1.53. The maximum atomic E-state index is 10.8. The quantitative estimate of drug-likeness (QED) is 0.450. The summed E-state index contributed by atoms with van der Waals surface area (Å²) >= 11 is 3.37. The lowest BCUT2D eigenvalue weighted by Gasteiger charge is -2.28. The van der Waals surface area contributed by atoms with Crippen molar-refractivity contribution in [1.82, 2.24) is 0 Å². The topological polar surface area (TPSA) is 40.5 Å². The zero-order valence-electron chi connectivity index (χ0n) is 19.5. The first-order valence-corrected chi connectivity index (χ1v) is 13.2. The third-order valence-electron chi connectivity index (χ3n) is 6.26. The van der Waals surface area contributed by atoms with Crippen LogP contribution in [-0.2, 0) is 5.41 Å². The molecule has 5 rings (SSSR count). The molecule has 3 aromatic rings. The molecular formula is C30H28O2S2. The lowest BCUT2D eigenvalue weighted by atomic mass is 9.86. The minimum Gasteiger partial charge on any atom is -0.507 e. The van der Waals surface area contributed by atoms with E-state index in [1.54, 1.807) is 0 Å². The van der Waals surface area contributed by atoms with Gasteiger partial charge in [0.25, 0.3) is 0 Å². The molecule has 0 radical (unpaired) electrons. The van der Waals surface area contributed by atoms with Crippen LogP contribution in [0.25, 0.3) is 12.2 Å². The van der Waals surface area contributed by atoms with E-state index in [0.29, 0.717) is 0 Å². The second-order valence-corrected chi connectivity index (χ2v) is 12.1. The second kappa shape index (κ2) is 9.09. The van der Waals surface area contributed by atoms with E-state index in [4.69, 9.17) is 0 Å². The molecule has 0 saturated heterocycles. The number of fused-ring (bicyclic) bond motifs is 2. The van der Waals surface area contributed by atoms with Crippen LogP contribution in [0.15, 0.2) is 99.2 Å². The number of thioether (sulfide) groups is 1. The first-order chi connectivity index (χ1) is 16.3. The van der Waals surface area contributed by atoms with Crippen molar-refractivity contribution in [2.24, 2.45) is 5.92 Å². The molecule has 0 amide bonds. The number of rotatable bonds is 4. The average Bonchev–Trinajstić information content (AvgIpc) is 2.81. The van der Waals surface area contributed by atoms with Gasteiger partial charge in [-0.05, 0) is 46.9 Å². The lowest BCUT2D eigenvalue weighted by molar-refractivity contribution is 0.437. The third-order valence-corrected chi connectivity index (χ3v) is 8.67. The van der Waals surface area contributed by atoms with Gasteiger partial charge in [-0.2, -0.15) is 0 Å². The van der Waals surface area contributed by atoms with Crippen molar-refractivity contribution in [3.63, 3.8) is 0 Å². The molecule has 0 aliphatic heterocycles. The molecule has 3 aromatic carbocycles. The van der Waals surface area contributed by atoms with Gasteiger partial charge in [-0.25, -0.2) is 0 Å². The van der Waals surface area contributed by atoms with Crippen LogP contribution in [0.1, 0.15) is 26.3 Å². The highest BCUT2D eigenvalue weighted by atomic mass is 32.2. The van der Waals surface area contributed by atoms with Gasteiger partial charge in [0, 0.05) is 37.5 Å². The van der Waals surface area contributed by atoms with Crippen LogP contribution >= 0.6 is 23.5 Å². The van der Waals surface area contributed by atoms with E-state index in [1.165, 1.54) is 33.9 Å². The normalized spacial score (nSPS) is 18.9. The Bertz CT molecular complexity index is 1400. The minimum absolute atomic E-state index is 0.0933. The molecular weight excluding hydrogens is 456 g/mol. The molecule has 2 N–H and O–H groups in total. The van der Waals surface area contributed by atoms with E-state index in [1.807, 2.05) is 17.8 Å². The lowest BCUT2D eigenvalue weighted by Crippen LogP contribution is -2.35. The fraction of sp³-hybridized carbons (Fsp3) is 0.200. The van der Waals surface area contributed by atoms with Crippen LogP contribution in [0.3, 0.4) is 0 Å². The molecule has 34 heavy (non-hydrogen) atoms. The van der Waals surface area contributed by atoms with Crippen LogP contribution in [-0.4, -0.2) is 15.5 Å². The summed E-state index contributed by atoms with van der Waals surface area (Å²) in [4.78, 5) is 3.05. The summed E-state index contributed by atoms with van der Waals surface area (Å²) in [5, 5.41) is 23.4. The van der Waals surface area contributed by atoms with Crippen LogP contribution in [0.4, 0.5) is 0 Å². The highest BCUT2D eigenvalue weighted by Gasteiger charge is 2.27. The molecule has 0 spiro atoms. The van der Waals surface area contributed by atoms with E-state index in [-0.39, 0.29) is 28.1 Å². The van der Waals surface area contributed by atoms with Crippen molar-refractivity contribution < 1.29 is 10.2 Å². The van der Waals surface area contributed by atoms with Gasteiger partial charge in [-0.1, -0.05) is 87.2 Å². The first-order valence-electron chi connectivity index (χ1n) is 11.5. The SMILES string of the molecule is CC(C)(C)c1ccc(Sc2c(O)cc(O)c3c2=CC2=CC=CC(Sc4ccccc4)C2C=3)cc1. The summed E-state index contributed by atoms with van der Waals surface area (Å²) in [7, 11) is 0. The van der Waals surface area contributed by atoms with Gasteiger partial charge in [-0.15, -0.1) is 11.8 Å². The summed E-state index contributed by atoms with van der Waals surface area (Å²) < 4.78 is 0. The standard InChI is InChI=1S/C30H28O2S2/c1-30(2,3)20-12-14-22(15-13-20)34-29-25-16-19-8-7-11-28(33-21-9-5-4-6-10-21)23(19)17-24(25)26(31)18-27(29)32/h4-18,23,28,31-32H,1-3H3. The van der Waals surface area contributed by atoms with E-state index in [9.17, 15) is 10.2 Å². The molecule has 0 heterocycles. The first kappa shape index (κ1) is 22.9. The van der Waals surface area contributed by atoms with Crippen molar-refractivity contribution in [2.45, 2.75) is 46.1 Å². The molecule has 2 nitrogen and oxygen atoms in total. The summed E-state index contributed by atoms with van der Waals surface area (Å²) in [5.41, 5.74) is 2.56. The molecule has 2 aliphatic carbocycles. The zero-order valence-corrected chi connectivity index (χ0v) is 21.2. The Morgan fingerprint density at radius 1 is 0.824 bits per heavy atom. The number of benzene rings is 3. The van der Waals surface area contributed by atoms with Gasteiger partial charge in [0.05, 0.1) is 4.90 Å². The average molecular weight is 485 g/mol. The molecule has 2 atom stereocenters. The molecule has 0 saturated carbocycles. The van der Waals surface area contributed by atoms with Crippen molar-refractivity contribution in [3.05, 3.63) is 100 Å². The molecule has 172 valence electrons. The summed E-state index contributed by atoms with van der Waals surface area (Å²) in [6, 6.07) is 20.4. The molecule has 0 bridgehead atoms. The van der Waals surface area contributed by atoms with Crippen molar-refractivity contribution in [1.29, 1.82) is 0 Å². The third kappa shape index (κ3) is 4.57. The number of allylic oxidation sites excluding steroid dienone is 3. The van der Waals surface area contributed by atoms with Crippen LogP contribution < -0.4 is 10.4 Å². The highest BCUT2D eigenvalue weighted by Crippen LogP contribution is 2.39. The highest BCUT2D eigenvalue weighted by molar-refractivity contribution is 8.00. The van der Waals surface area contributed by atoms with E-state index in [0.717, 1.165) is 20.2 Å². The second-order valence-electron chi connectivity index (χ2n) is 9.73. The fourth-order valence-corrected chi connectivity index (χ4v) is 6.52. The predicted octanol–water partition coefficient (Wildman–Crippen LogP) is 6.39. The Morgan fingerprint density at radius 2 is 1.56 bits per heavy atom. The molecule has 0 aromatic heterocycles. The largest absolute Gasteiger partial charge is 0.507 e. The van der Waals surface area contributed by atoms with Crippen molar-refractivity contribution >= 4 is 35.7 Å². The van der Waals surface area contributed by atoms with Crippen molar-refractivity contribution in [2.75, 3.05) is 0 Å². The monoisotopic (exact) mass is 484 g/mol. The summed E-state index contributed by atoms with van der Waals surface area (Å²) in [6.45, 7) is 6.61. The molecule has 2 aliphatic rings. The Morgan fingerprint density at radius 3 is 2.26 bits per heavy atom. The molecule has 2 unspecified atom stereocenters. The van der Waals surface area contributed by atoms with Crippen molar-refractivity contribution in [3.8, 4) is 11.5 Å². The van der Waals surface area contributed by atoms with Gasteiger partial charge >= 0.3 is 0 Å². The summed E-state index contributed by atoms with van der Waals surface area (Å²) in [6.07, 6.45) is 10.8. The number of phenolic OH excluding ortho intramolecular Hbond substituents is 2. The smallest absolute Gasteiger partial charge is 0.133 e. The minimum atomic E-state index is 0.0933. The molecule has 4 heteroatoms. The van der Waals surface area contributed by atoms with E-state index in [2.05, 4.69) is 99.7 Å². The fourth-order valence-electron chi connectivity index (χ4n) is 4.38. The predicted molar refractivity (Wildman–Crippen MR) is 144 cm³/mol. The van der Waals surface area contributed by atoms with Crippen LogP contribution in [0, 0.1) is 5.92 Å². The van der Waals surface area contributed by atoms with Gasteiger partial charge in [0.15, 0.2) is 0 Å². The van der Waals surface area contributed by atoms with E-state index < -0.39 is 0 Å². The van der Waals surface area contributed by atoms with Crippen LogP contribution in [0.5, 0.6) is 11.5 Å². The van der Waals surface area contributed by atoms with Gasteiger partial charge < -0.3 is 10.2 Å². The number of hydrogen-bond donors (Lipinski definition) is 2. The van der Waals surface area contributed by atoms with Crippen LogP contribution in [0.2, 0.25) is 0 Å². The summed E-state index contributed by atoms with van der Waals surface area (Å²) in [5.74, 6) is 0.377. The molecule has 0 fully saturated rings. The zero-order chi connectivity index (χ0) is 23.9. The Kier molecular flexibility index (Phi) is 6.13. The number of aromatic hydroxyl groups is 2. The maximum absolute atomic E-state index is 10.8. The van der Waals surface area contributed by atoms with Gasteiger partial charge in [0.1, 0.15) is 11.5 Å². The Hall–Kier alpha value is -2.82.